The third kappa shape index (κ3) is 5.20. The fraction of sp³-hybridized carbons (Fsp3) is 0.500. The van der Waals surface area contributed by atoms with E-state index in [-0.39, 0.29) is 0 Å². The second-order valence-electron chi connectivity index (χ2n) is 6.72. The molecule has 0 amide bonds. The van der Waals surface area contributed by atoms with Crippen molar-refractivity contribution in [1.82, 2.24) is 9.78 Å². The maximum absolute atomic E-state index is 6.13. The molecule has 3 nitrogen and oxygen atoms in total. The minimum Gasteiger partial charge on any atom is -0.489 e. The summed E-state index contributed by atoms with van der Waals surface area (Å²) in [5.74, 6) is 2.49. The molecule has 1 aliphatic heterocycles. The molecule has 5 rings (SSSR count). The first-order valence-electron chi connectivity index (χ1n) is 11.6. The summed E-state index contributed by atoms with van der Waals surface area (Å²) in [6, 6.07) is 10.4. The smallest absolute Gasteiger partial charge is 0.168 e. The average molecular weight is 395 g/mol. The number of hydrogen-bond acceptors (Lipinski definition) is 2. The van der Waals surface area contributed by atoms with Crippen molar-refractivity contribution in [1.29, 1.82) is 0 Å². The van der Waals surface area contributed by atoms with Crippen LogP contribution >= 0.6 is 0 Å². The quantitative estimate of drug-likeness (QED) is 0.536. The number of para-hydroxylation sites is 1. The number of rotatable bonds is 2. The van der Waals surface area contributed by atoms with Gasteiger partial charge in [-0.05, 0) is 49.7 Å². The van der Waals surface area contributed by atoms with Gasteiger partial charge < -0.3 is 4.74 Å². The lowest BCUT2D eigenvalue weighted by molar-refractivity contribution is 0.316. The molecule has 29 heavy (non-hydrogen) atoms. The highest BCUT2D eigenvalue weighted by atomic mass is 16.5. The summed E-state index contributed by atoms with van der Waals surface area (Å²) >= 11 is 0. The Morgan fingerprint density at radius 1 is 0.931 bits per heavy atom. The minimum absolute atomic E-state index is 0.718. The molecule has 0 bridgehead atoms. The fourth-order valence-corrected chi connectivity index (χ4v) is 3.66. The molecule has 0 spiro atoms. The van der Waals surface area contributed by atoms with Crippen molar-refractivity contribution < 1.29 is 4.74 Å². The summed E-state index contributed by atoms with van der Waals surface area (Å²) in [4.78, 5) is 0. The molecule has 1 saturated carbocycles. The lowest BCUT2D eigenvalue weighted by Crippen LogP contribution is -2.05. The Hall–Kier alpha value is -2.29. The van der Waals surface area contributed by atoms with E-state index in [1.165, 1.54) is 12.0 Å². The summed E-state index contributed by atoms with van der Waals surface area (Å²) in [5.41, 5.74) is 4.61. The van der Waals surface area contributed by atoms with Gasteiger partial charge in [-0.2, -0.15) is 5.10 Å². The maximum Gasteiger partial charge on any atom is 0.168 e. The molecule has 158 valence electrons. The van der Waals surface area contributed by atoms with E-state index in [1.54, 1.807) is 0 Å². The van der Waals surface area contributed by atoms with Crippen molar-refractivity contribution >= 4 is 5.57 Å². The van der Waals surface area contributed by atoms with E-state index in [1.807, 2.05) is 47.6 Å². The van der Waals surface area contributed by atoms with Crippen LogP contribution in [-0.2, 0) is 6.42 Å². The molecule has 2 heterocycles. The van der Waals surface area contributed by atoms with Crippen LogP contribution in [0.15, 0.2) is 48.6 Å². The molecule has 2 aromatic rings. The molecule has 1 aromatic carbocycles. The monoisotopic (exact) mass is 394 g/mol. The molecule has 0 radical (unpaired) electrons. The van der Waals surface area contributed by atoms with Crippen molar-refractivity contribution in [3.8, 4) is 11.4 Å². The number of nitrogens with zero attached hydrogens (tertiary/aromatic N) is 2. The van der Waals surface area contributed by atoms with Gasteiger partial charge >= 0.3 is 0 Å². The standard InChI is InChI=1S/C20H20N2O.3C2H6/c1-2-6-17(7-3-1)22-19(15-10-9-14-12-16(14)13-15)20-18(21-22)8-4-5-11-23-20;3*1-2/h1-3,6-7,9-10,13-14,16H,4-5,8,11-12H2;3*1-2H3. The second kappa shape index (κ2) is 11.6. The van der Waals surface area contributed by atoms with Gasteiger partial charge in [0.1, 0.15) is 11.4 Å². The van der Waals surface area contributed by atoms with Crippen LogP contribution < -0.4 is 4.74 Å². The molecule has 0 saturated heterocycles. The van der Waals surface area contributed by atoms with Gasteiger partial charge in [-0.15, -0.1) is 0 Å². The van der Waals surface area contributed by atoms with E-state index in [0.717, 1.165) is 60.5 Å². The zero-order chi connectivity index (χ0) is 21.2. The fourth-order valence-electron chi connectivity index (χ4n) is 3.66. The summed E-state index contributed by atoms with van der Waals surface area (Å²) in [6.45, 7) is 12.8. The van der Waals surface area contributed by atoms with E-state index in [2.05, 4.69) is 47.2 Å². The number of aromatic nitrogens is 2. The van der Waals surface area contributed by atoms with E-state index in [0.29, 0.717) is 0 Å². The average Bonchev–Trinajstić information content (AvgIpc) is 3.56. The van der Waals surface area contributed by atoms with Crippen LogP contribution in [-0.4, -0.2) is 16.4 Å². The molecular formula is C26H38N2O. The van der Waals surface area contributed by atoms with Crippen molar-refractivity contribution in [2.45, 2.75) is 67.2 Å². The molecule has 3 heteroatoms. The molecule has 0 N–H and O–H groups in total. The lowest BCUT2D eigenvalue weighted by Gasteiger charge is -2.13. The summed E-state index contributed by atoms with van der Waals surface area (Å²) in [6.07, 6.45) is 11.6. The zero-order valence-electron chi connectivity index (χ0n) is 19.1. The van der Waals surface area contributed by atoms with Gasteiger partial charge in [-0.25, -0.2) is 4.68 Å². The van der Waals surface area contributed by atoms with Crippen LogP contribution in [0.5, 0.6) is 5.75 Å². The van der Waals surface area contributed by atoms with Crippen molar-refractivity contribution in [2.75, 3.05) is 6.61 Å². The number of fused-ring (bicyclic) bond motifs is 2. The Kier molecular flexibility index (Phi) is 9.24. The van der Waals surface area contributed by atoms with Crippen LogP contribution in [0.1, 0.15) is 72.2 Å². The number of allylic oxidation sites excluding steroid dienone is 4. The number of hydrogen-bond donors (Lipinski definition) is 0. The number of ether oxygens (including phenoxy) is 1. The van der Waals surface area contributed by atoms with Crippen molar-refractivity contribution in [2.24, 2.45) is 11.8 Å². The Morgan fingerprint density at radius 2 is 1.66 bits per heavy atom. The Balaban J connectivity index is 0.000000461. The highest BCUT2D eigenvalue weighted by molar-refractivity contribution is 5.79. The van der Waals surface area contributed by atoms with E-state index >= 15 is 0 Å². The van der Waals surface area contributed by atoms with Gasteiger partial charge in [0, 0.05) is 5.57 Å². The minimum atomic E-state index is 0.718. The normalized spacial score (nSPS) is 20.4. The van der Waals surface area contributed by atoms with Crippen molar-refractivity contribution in [3.05, 3.63) is 59.9 Å². The maximum atomic E-state index is 6.13. The highest BCUT2D eigenvalue weighted by Crippen LogP contribution is 2.47. The summed E-state index contributed by atoms with van der Waals surface area (Å²) < 4.78 is 8.20. The van der Waals surface area contributed by atoms with Gasteiger partial charge in [-0.3, -0.25) is 0 Å². The molecular weight excluding hydrogens is 356 g/mol. The van der Waals surface area contributed by atoms with Crippen LogP contribution in [0, 0.1) is 11.8 Å². The van der Waals surface area contributed by atoms with Crippen LogP contribution in [0.25, 0.3) is 11.3 Å². The molecule has 2 aliphatic carbocycles. The van der Waals surface area contributed by atoms with E-state index in [9.17, 15) is 0 Å². The number of aryl methyl sites for hydroxylation is 1. The Morgan fingerprint density at radius 3 is 2.34 bits per heavy atom. The largest absolute Gasteiger partial charge is 0.489 e. The molecule has 2 atom stereocenters. The van der Waals surface area contributed by atoms with Crippen LogP contribution in [0.4, 0.5) is 0 Å². The first-order chi connectivity index (χ1) is 14.4. The predicted octanol–water partition coefficient (Wildman–Crippen LogP) is 7.26. The molecule has 2 unspecified atom stereocenters. The van der Waals surface area contributed by atoms with Gasteiger partial charge in [-0.1, -0.05) is 78.0 Å². The Labute approximate surface area is 177 Å². The third-order valence-electron chi connectivity index (χ3n) is 5.05. The first kappa shape index (κ1) is 23.0. The van der Waals surface area contributed by atoms with E-state index in [4.69, 9.17) is 9.84 Å². The van der Waals surface area contributed by atoms with Gasteiger partial charge in [0.25, 0.3) is 0 Å². The summed E-state index contributed by atoms with van der Waals surface area (Å²) in [7, 11) is 0. The van der Waals surface area contributed by atoms with Gasteiger partial charge in [0.15, 0.2) is 5.75 Å². The van der Waals surface area contributed by atoms with Gasteiger partial charge in [0.05, 0.1) is 12.3 Å². The summed E-state index contributed by atoms with van der Waals surface area (Å²) in [5, 5.41) is 4.91. The SMILES string of the molecule is C1=CC2CC2C=C1c1c2c(nn1-c1ccccc1)CCCCO2.CC.CC.CC. The van der Waals surface area contributed by atoms with Gasteiger partial charge in [0.2, 0.25) is 0 Å². The first-order valence-corrected chi connectivity index (χ1v) is 11.6. The predicted molar refractivity (Wildman–Crippen MR) is 125 cm³/mol. The Bertz CT molecular complexity index is 802. The van der Waals surface area contributed by atoms with Crippen LogP contribution in [0.3, 0.4) is 0 Å². The second-order valence-corrected chi connectivity index (χ2v) is 6.72. The number of benzene rings is 1. The van der Waals surface area contributed by atoms with Crippen LogP contribution in [0.2, 0.25) is 0 Å². The zero-order valence-corrected chi connectivity index (χ0v) is 19.1. The molecule has 1 aromatic heterocycles. The van der Waals surface area contributed by atoms with E-state index < -0.39 is 0 Å². The molecule has 1 fully saturated rings. The van der Waals surface area contributed by atoms with Crippen molar-refractivity contribution in [3.63, 3.8) is 0 Å². The molecule has 3 aliphatic rings. The lowest BCUT2D eigenvalue weighted by atomic mass is 10.0. The highest BCUT2D eigenvalue weighted by Gasteiger charge is 2.36. The third-order valence-corrected chi connectivity index (χ3v) is 5.05. The topological polar surface area (TPSA) is 27.1 Å².